The number of aliphatic hydroxyl groups is 3. The quantitative estimate of drug-likeness (QED) is 0.0361. The number of allylic oxidation sites excluding steroid dienone is 1. The Morgan fingerprint density at radius 3 is 0.821 bits per heavy atom. The second-order valence-corrected chi connectivity index (χ2v) is 21.6. The molecule has 400 valence electrons. The topological polar surface area (TPSA) is 89.8 Å². The Morgan fingerprint density at radius 2 is 0.582 bits per heavy atom. The molecule has 0 aliphatic heterocycles. The summed E-state index contributed by atoms with van der Waals surface area (Å²) in [4.78, 5) is 12.6. The first-order chi connectivity index (χ1) is 33.1. The summed E-state index contributed by atoms with van der Waals surface area (Å²) in [5.41, 5.74) is 0. The van der Waals surface area contributed by atoms with Gasteiger partial charge in [-0.15, -0.1) is 0 Å². The third kappa shape index (κ3) is 52.7. The molecular formula is C62H123NO4. The second-order valence-electron chi connectivity index (χ2n) is 21.6. The van der Waals surface area contributed by atoms with E-state index < -0.39 is 24.2 Å². The summed E-state index contributed by atoms with van der Waals surface area (Å²) in [6.45, 7) is 4.23. The van der Waals surface area contributed by atoms with Crippen LogP contribution >= 0.6 is 0 Å². The highest BCUT2D eigenvalue weighted by atomic mass is 16.3. The number of rotatable bonds is 58. The number of hydrogen-bond donors (Lipinski definition) is 4. The zero-order valence-electron chi connectivity index (χ0n) is 45.8. The van der Waals surface area contributed by atoms with Crippen LogP contribution in [0.25, 0.3) is 0 Å². The van der Waals surface area contributed by atoms with Crippen molar-refractivity contribution in [1.29, 1.82) is 0 Å². The van der Waals surface area contributed by atoms with Crippen LogP contribution in [0.1, 0.15) is 354 Å². The van der Waals surface area contributed by atoms with E-state index in [4.69, 9.17) is 0 Å². The van der Waals surface area contributed by atoms with E-state index in [1.807, 2.05) is 6.08 Å². The lowest BCUT2D eigenvalue weighted by Crippen LogP contribution is -2.48. The van der Waals surface area contributed by atoms with Gasteiger partial charge in [-0.3, -0.25) is 4.79 Å². The van der Waals surface area contributed by atoms with Crippen molar-refractivity contribution in [3.8, 4) is 0 Å². The molecule has 1 amide bonds. The van der Waals surface area contributed by atoms with Crippen molar-refractivity contribution in [2.24, 2.45) is 0 Å². The summed E-state index contributed by atoms with van der Waals surface area (Å²) < 4.78 is 0. The van der Waals surface area contributed by atoms with E-state index in [0.29, 0.717) is 6.42 Å². The van der Waals surface area contributed by atoms with Gasteiger partial charge in [-0.05, 0) is 19.3 Å². The Hall–Kier alpha value is -0.910. The van der Waals surface area contributed by atoms with Crippen LogP contribution in [0.15, 0.2) is 12.2 Å². The smallest absolute Gasteiger partial charge is 0.249 e. The number of hydrogen-bond acceptors (Lipinski definition) is 4. The molecule has 0 aromatic rings. The molecule has 0 aromatic heterocycles. The lowest BCUT2D eigenvalue weighted by atomic mass is 10.0. The van der Waals surface area contributed by atoms with Gasteiger partial charge in [0.15, 0.2) is 0 Å². The average molecular weight is 947 g/mol. The molecule has 3 atom stereocenters. The van der Waals surface area contributed by atoms with E-state index in [1.54, 1.807) is 6.08 Å². The minimum atomic E-state index is -1.09. The van der Waals surface area contributed by atoms with Crippen molar-refractivity contribution in [3.05, 3.63) is 12.2 Å². The van der Waals surface area contributed by atoms with Gasteiger partial charge in [0.2, 0.25) is 5.91 Å². The molecule has 0 rings (SSSR count). The number of unbranched alkanes of at least 4 members (excludes halogenated alkanes) is 50. The third-order valence-electron chi connectivity index (χ3n) is 14.9. The van der Waals surface area contributed by atoms with Crippen LogP contribution in [0.3, 0.4) is 0 Å². The van der Waals surface area contributed by atoms with Crippen molar-refractivity contribution in [1.82, 2.24) is 5.32 Å². The first-order valence-electron chi connectivity index (χ1n) is 31.0. The van der Waals surface area contributed by atoms with Crippen LogP contribution in [0, 0.1) is 0 Å². The predicted octanol–water partition coefficient (Wildman–Crippen LogP) is 19.5. The van der Waals surface area contributed by atoms with Crippen LogP contribution in [0.4, 0.5) is 0 Å². The summed E-state index contributed by atoms with van der Waals surface area (Å²) in [5.74, 6) is -0.495. The Labute approximate surface area is 420 Å². The molecule has 3 unspecified atom stereocenters. The maximum atomic E-state index is 12.6. The minimum Gasteiger partial charge on any atom is -0.394 e. The molecule has 0 spiro atoms. The fraction of sp³-hybridized carbons (Fsp3) is 0.952. The number of nitrogens with one attached hydrogen (secondary N) is 1. The van der Waals surface area contributed by atoms with Crippen molar-refractivity contribution in [2.75, 3.05) is 6.61 Å². The normalized spacial score (nSPS) is 13.2. The van der Waals surface area contributed by atoms with Gasteiger partial charge in [-0.25, -0.2) is 0 Å². The predicted molar refractivity (Wildman–Crippen MR) is 296 cm³/mol. The highest BCUT2D eigenvalue weighted by Crippen LogP contribution is 2.19. The minimum absolute atomic E-state index is 0.358. The SMILES string of the molecule is CCCCCCCCCCCCCCCCC/C=C/C(O)C(CO)NC(=O)C(O)CCCCCCCCCCCCCCCCCCCCCCCCCCCCCCCCCCCCCC. The Kier molecular flexibility index (Phi) is 56.9. The first-order valence-corrected chi connectivity index (χ1v) is 31.0. The van der Waals surface area contributed by atoms with Gasteiger partial charge in [-0.1, -0.05) is 347 Å². The number of aliphatic hydroxyl groups excluding tert-OH is 3. The number of carbonyl (C=O) groups excluding carboxylic acids is 1. The van der Waals surface area contributed by atoms with Crippen LogP contribution in [0.5, 0.6) is 0 Å². The molecule has 0 aliphatic carbocycles. The van der Waals surface area contributed by atoms with Crippen molar-refractivity contribution < 1.29 is 20.1 Å². The molecule has 5 nitrogen and oxygen atoms in total. The van der Waals surface area contributed by atoms with Crippen LogP contribution in [-0.2, 0) is 4.79 Å². The molecule has 67 heavy (non-hydrogen) atoms. The Morgan fingerprint density at radius 1 is 0.358 bits per heavy atom. The average Bonchev–Trinajstić information content (AvgIpc) is 3.33. The monoisotopic (exact) mass is 946 g/mol. The van der Waals surface area contributed by atoms with Gasteiger partial charge >= 0.3 is 0 Å². The van der Waals surface area contributed by atoms with E-state index in [2.05, 4.69) is 19.2 Å². The highest BCUT2D eigenvalue weighted by Gasteiger charge is 2.22. The van der Waals surface area contributed by atoms with Gasteiger partial charge < -0.3 is 20.6 Å². The molecule has 0 fully saturated rings. The molecule has 0 aliphatic rings. The van der Waals surface area contributed by atoms with Gasteiger partial charge in [0.05, 0.1) is 18.8 Å². The summed E-state index contributed by atoms with van der Waals surface area (Å²) in [5, 5.41) is 33.4. The lowest BCUT2D eigenvalue weighted by molar-refractivity contribution is -0.131. The van der Waals surface area contributed by atoms with Crippen molar-refractivity contribution in [2.45, 2.75) is 372 Å². The maximum Gasteiger partial charge on any atom is 0.249 e. The van der Waals surface area contributed by atoms with E-state index in [1.165, 1.54) is 302 Å². The zero-order chi connectivity index (χ0) is 48.6. The van der Waals surface area contributed by atoms with Crippen LogP contribution < -0.4 is 5.32 Å². The van der Waals surface area contributed by atoms with Gasteiger partial charge in [0.25, 0.3) is 0 Å². The first kappa shape index (κ1) is 66.1. The van der Waals surface area contributed by atoms with E-state index in [9.17, 15) is 20.1 Å². The third-order valence-corrected chi connectivity index (χ3v) is 14.9. The molecule has 0 aromatic carbocycles. The summed E-state index contributed by atoms with van der Waals surface area (Å²) in [6, 6.07) is -0.794. The summed E-state index contributed by atoms with van der Waals surface area (Å²) in [7, 11) is 0. The fourth-order valence-electron chi connectivity index (χ4n) is 10.1. The summed E-state index contributed by atoms with van der Waals surface area (Å²) >= 11 is 0. The molecule has 0 saturated heterocycles. The van der Waals surface area contributed by atoms with Gasteiger partial charge in [0, 0.05) is 0 Å². The standard InChI is InChI=1S/C62H123NO4/c1-3-5-7-9-11-13-15-17-19-21-22-23-24-25-26-27-28-29-30-31-32-33-34-35-36-37-38-39-41-43-45-47-49-51-53-55-57-61(66)62(67)63-59(58-64)60(65)56-54-52-50-48-46-44-42-40-20-18-16-14-12-10-8-6-4-2/h54,56,59-61,64-66H,3-53,55,57-58H2,1-2H3,(H,63,67)/b56-54+. The van der Waals surface area contributed by atoms with Gasteiger partial charge in [-0.2, -0.15) is 0 Å². The number of amides is 1. The van der Waals surface area contributed by atoms with E-state index in [-0.39, 0.29) is 6.61 Å². The molecule has 5 heteroatoms. The van der Waals surface area contributed by atoms with Crippen molar-refractivity contribution in [3.63, 3.8) is 0 Å². The fourth-order valence-corrected chi connectivity index (χ4v) is 10.1. The Bertz CT molecular complexity index is 956. The van der Waals surface area contributed by atoms with Crippen LogP contribution in [-0.4, -0.2) is 46.1 Å². The highest BCUT2D eigenvalue weighted by molar-refractivity contribution is 5.80. The largest absolute Gasteiger partial charge is 0.394 e. The maximum absolute atomic E-state index is 12.6. The van der Waals surface area contributed by atoms with Crippen LogP contribution in [0.2, 0.25) is 0 Å². The summed E-state index contributed by atoms with van der Waals surface area (Å²) in [6.07, 6.45) is 73.3. The lowest BCUT2D eigenvalue weighted by Gasteiger charge is -2.21. The van der Waals surface area contributed by atoms with Crippen molar-refractivity contribution >= 4 is 5.91 Å². The zero-order valence-corrected chi connectivity index (χ0v) is 45.8. The molecular weight excluding hydrogens is 823 g/mol. The Balaban J connectivity index is 3.44. The molecule has 0 bridgehead atoms. The molecule has 0 saturated carbocycles. The molecule has 0 heterocycles. The van der Waals surface area contributed by atoms with E-state index >= 15 is 0 Å². The van der Waals surface area contributed by atoms with Gasteiger partial charge in [0.1, 0.15) is 6.10 Å². The molecule has 4 N–H and O–H groups in total. The van der Waals surface area contributed by atoms with E-state index in [0.717, 1.165) is 32.1 Å². The second kappa shape index (κ2) is 57.7. The number of carbonyl (C=O) groups is 1. The molecule has 0 radical (unpaired) electrons.